The average molecular weight is 393 g/mol. The molecule has 0 aliphatic carbocycles. The number of halogens is 1. The molecule has 0 saturated heterocycles. The maximum absolute atomic E-state index is 12.3. The largest absolute Gasteiger partial charge is 0.452 e. The maximum Gasteiger partial charge on any atom is 0.338 e. The number of benzene rings is 1. The van der Waals surface area contributed by atoms with Crippen molar-refractivity contribution in [2.75, 3.05) is 27.8 Å². The third-order valence-corrected chi connectivity index (χ3v) is 5.70. The van der Waals surface area contributed by atoms with Gasteiger partial charge in [-0.05, 0) is 32.0 Å². The number of esters is 1. The highest BCUT2D eigenvalue weighted by molar-refractivity contribution is 7.89. The summed E-state index contributed by atoms with van der Waals surface area (Å²) in [6.07, 6.45) is 0. The minimum absolute atomic E-state index is 0.0388. The van der Waals surface area contributed by atoms with E-state index in [1.165, 1.54) is 31.2 Å². The first kappa shape index (κ1) is 21.4. The van der Waals surface area contributed by atoms with Gasteiger partial charge < -0.3 is 9.64 Å². The molecule has 1 rings (SSSR count). The molecular formula is C15H21ClN2O6S. The average Bonchev–Trinajstić information content (AvgIpc) is 2.57. The Morgan fingerprint density at radius 3 is 2.36 bits per heavy atom. The molecule has 0 aliphatic heterocycles. The number of likely N-dealkylation sites (N-methyl/N-ethyl adjacent to an activating group) is 1. The molecule has 0 bridgehead atoms. The molecule has 25 heavy (non-hydrogen) atoms. The minimum Gasteiger partial charge on any atom is -0.452 e. The van der Waals surface area contributed by atoms with Gasteiger partial charge in [-0.1, -0.05) is 16.1 Å². The van der Waals surface area contributed by atoms with Crippen molar-refractivity contribution in [1.82, 2.24) is 9.37 Å². The monoisotopic (exact) mass is 392 g/mol. The minimum atomic E-state index is -4.04. The molecule has 1 aromatic rings. The van der Waals surface area contributed by atoms with Crippen LogP contribution in [-0.4, -0.2) is 63.5 Å². The van der Waals surface area contributed by atoms with Gasteiger partial charge in [-0.3, -0.25) is 9.63 Å². The Labute approximate surface area is 152 Å². The number of sulfonamides is 1. The maximum atomic E-state index is 12.3. The van der Waals surface area contributed by atoms with Gasteiger partial charge in [0, 0.05) is 20.1 Å². The molecule has 0 aliphatic rings. The second-order valence-electron chi connectivity index (χ2n) is 5.42. The van der Waals surface area contributed by atoms with E-state index in [2.05, 4.69) is 4.84 Å². The van der Waals surface area contributed by atoms with Crippen LogP contribution >= 0.6 is 11.6 Å². The van der Waals surface area contributed by atoms with Gasteiger partial charge in [0.2, 0.25) is 0 Å². The summed E-state index contributed by atoms with van der Waals surface area (Å²) in [5.41, 5.74) is -0.0486. The summed E-state index contributed by atoms with van der Waals surface area (Å²) in [7, 11) is -0.0713. The summed E-state index contributed by atoms with van der Waals surface area (Å²) in [6.45, 7) is 3.20. The third-order valence-electron chi connectivity index (χ3n) is 3.54. The second kappa shape index (κ2) is 8.61. The molecule has 10 heteroatoms. The lowest BCUT2D eigenvalue weighted by molar-refractivity contribution is -0.134. The van der Waals surface area contributed by atoms with Gasteiger partial charge in [0.1, 0.15) is 4.90 Å². The van der Waals surface area contributed by atoms with E-state index in [0.29, 0.717) is 4.47 Å². The summed E-state index contributed by atoms with van der Waals surface area (Å²) < 4.78 is 30.1. The fourth-order valence-electron chi connectivity index (χ4n) is 1.67. The van der Waals surface area contributed by atoms with Crippen molar-refractivity contribution in [1.29, 1.82) is 0 Å². The van der Waals surface area contributed by atoms with E-state index in [1.54, 1.807) is 7.05 Å². The normalized spacial score (nSPS) is 11.7. The molecule has 0 heterocycles. The van der Waals surface area contributed by atoms with Crippen LogP contribution in [0.3, 0.4) is 0 Å². The van der Waals surface area contributed by atoms with E-state index < -0.39 is 22.6 Å². The molecule has 1 aromatic carbocycles. The second-order valence-corrected chi connectivity index (χ2v) is 7.73. The zero-order chi connectivity index (χ0) is 19.4. The smallest absolute Gasteiger partial charge is 0.338 e. The number of rotatable bonds is 7. The summed E-state index contributed by atoms with van der Waals surface area (Å²) in [6, 6.07) is 3.61. The highest BCUT2D eigenvalue weighted by Crippen LogP contribution is 2.25. The van der Waals surface area contributed by atoms with Gasteiger partial charge in [-0.2, -0.15) is 0 Å². The first-order chi connectivity index (χ1) is 11.5. The third kappa shape index (κ3) is 5.15. The quantitative estimate of drug-likeness (QED) is 0.516. The van der Waals surface area contributed by atoms with Crippen molar-refractivity contribution < 1.29 is 27.6 Å². The van der Waals surface area contributed by atoms with Gasteiger partial charge in [-0.15, -0.1) is 0 Å². The molecular weight excluding hydrogens is 372 g/mol. The fourth-order valence-corrected chi connectivity index (χ4v) is 3.14. The molecule has 0 saturated carbocycles. The molecule has 0 spiro atoms. The van der Waals surface area contributed by atoms with Crippen molar-refractivity contribution in [2.24, 2.45) is 0 Å². The van der Waals surface area contributed by atoms with E-state index in [-0.39, 0.29) is 27.4 Å². The standard InChI is InChI=1S/C15H21ClN2O6S/c1-10(2)17(3)14(19)9-24-15(20)11-6-7-12(16)13(8-11)25(21,22)18(4)23-5/h6-8,10H,9H2,1-5H3. The number of ether oxygens (including phenoxy) is 1. The SMILES string of the molecule is CON(C)S(=O)(=O)c1cc(C(=O)OCC(=O)N(C)C(C)C)ccc1Cl. The molecule has 0 aromatic heterocycles. The lowest BCUT2D eigenvalue weighted by atomic mass is 10.2. The summed E-state index contributed by atoms with van der Waals surface area (Å²) >= 11 is 5.92. The Bertz CT molecular complexity index is 750. The number of hydroxylamine groups is 1. The van der Waals surface area contributed by atoms with Crippen LogP contribution in [0.15, 0.2) is 23.1 Å². The van der Waals surface area contributed by atoms with Gasteiger partial charge in [-0.25, -0.2) is 13.2 Å². The van der Waals surface area contributed by atoms with Crippen LogP contribution in [0, 0.1) is 0 Å². The van der Waals surface area contributed by atoms with Crippen molar-refractivity contribution in [3.8, 4) is 0 Å². The zero-order valence-corrected chi connectivity index (χ0v) is 16.2. The topological polar surface area (TPSA) is 93.2 Å². The van der Waals surface area contributed by atoms with Gasteiger partial charge >= 0.3 is 5.97 Å². The van der Waals surface area contributed by atoms with Crippen LogP contribution < -0.4 is 0 Å². The predicted octanol–water partition coefficient (Wildman–Crippen LogP) is 1.55. The number of amides is 1. The summed E-state index contributed by atoms with van der Waals surface area (Å²) in [4.78, 5) is 29.7. The highest BCUT2D eigenvalue weighted by atomic mass is 35.5. The van der Waals surface area contributed by atoms with Crippen molar-refractivity contribution in [3.63, 3.8) is 0 Å². The lowest BCUT2D eigenvalue weighted by Crippen LogP contribution is -2.36. The highest BCUT2D eigenvalue weighted by Gasteiger charge is 2.25. The number of carbonyl (C=O) groups is 2. The molecule has 0 N–H and O–H groups in total. The molecule has 0 unspecified atom stereocenters. The van der Waals surface area contributed by atoms with E-state index in [1.807, 2.05) is 13.8 Å². The Hall–Kier alpha value is -1.68. The van der Waals surface area contributed by atoms with Crippen molar-refractivity contribution >= 4 is 33.5 Å². The van der Waals surface area contributed by atoms with Crippen LogP contribution in [0.5, 0.6) is 0 Å². The summed E-state index contributed by atoms with van der Waals surface area (Å²) in [5, 5.41) is -0.0731. The van der Waals surface area contributed by atoms with Crippen molar-refractivity contribution in [2.45, 2.75) is 24.8 Å². The molecule has 0 atom stereocenters. The first-order valence-corrected chi connectivity index (χ1v) is 9.09. The number of hydrogen-bond acceptors (Lipinski definition) is 6. The molecule has 8 nitrogen and oxygen atoms in total. The predicted molar refractivity (Wildman–Crippen MR) is 91.6 cm³/mol. The van der Waals surface area contributed by atoms with Gasteiger partial charge in [0.15, 0.2) is 6.61 Å². The Balaban J connectivity index is 2.99. The molecule has 0 radical (unpaired) electrons. The summed E-state index contributed by atoms with van der Waals surface area (Å²) in [5.74, 6) is -1.21. The first-order valence-electron chi connectivity index (χ1n) is 7.27. The van der Waals surface area contributed by atoms with Crippen LogP contribution in [0.1, 0.15) is 24.2 Å². The Morgan fingerprint density at radius 1 is 1.24 bits per heavy atom. The number of hydrogen-bond donors (Lipinski definition) is 0. The number of nitrogens with zero attached hydrogens (tertiary/aromatic N) is 2. The van der Waals surface area contributed by atoms with E-state index in [0.717, 1.165) is 6.07 Å². The Morgan fingerprint density at radius 2 is 1.84 bits per heavy atom. The van der Waals surface area contributed by atoms with Gasteiger partial charge in [0.05, 0.1) is 17.7 Å². The molecule has 0 fully saturated rings. The van der Waals surface area contributed by atoms with Crippen molar-refractivity contribution in [3.05, 3.63) is 28.8 Å². The van der Waals surface area contributed by atoms with Gasteiger partial charge in [0.25, 0.3) is 15.9 Å². The van der Waals surface area contributed by atoms with E-state index in [9.17, 15) is 18.0 Å². The van der Waals surface area contributed by atoms with Crippen LogP contribution in [-0.2, 0) is 24.4 Å². The van der Waals surface area contributed by atoms with Crippen LogP contribution in [0.4, 0.5) is 0 Å². The fraction of sp³-hybridized carbons (Fsp3) is 0.467. The van der Waals surface area contributed by atoms with E-state index in [4.69, 9.17) is 16.3 Å². The number of carbonyl (C=O) groups excluding carboxylic acids is 2. The Kier molecular flexibility index (Phi) is 7.36. The van der Waals surface area contributed by atoms with Crippen LogP contribution in [0.25, 0.3) is 0 Å². The lowest BCUT2D eigenvalue weighted by Gasteiger charge is -2.21. The van der Waals surface area contributed by atoms with Crippen LogP contribution in [0.2, 0.25) is 5.02 Å². The van der Waals surface area contributed by atoms with E-state index >= 15 is 0 Å². The zero-order valence-electron chi connectivity index (χ0n) is 14.6. The molecule has 1 amide bonds. The molecule has 140 valence electrons.